The zero-order valence-electron chi connectivity index (χ0n) is 8.63. The Morgan fingerprint density at radius 3 is 2.80 bits per heavy atom. The minimum Gasteiger partial charge on any atom is -0.355 e. The zero-order chi connectivity index (χ0) is 10.5. The lowest BCUT2D eigenvalue weighted by Crippen LogP contribution is -2.34. The lowest BCUT2D eigenvalue weighted by Gasteiger charge is -2.31. The maximum atomic E-state index is 8.62. The highest BCUT2D eigenvalue weighted by Gasteiger charge is 2.19. The summed E-state index contributed by atoms with van der Waals surface area (Å²) in [7, 11) is 0. The largest absolute Gasteiger partial charge is 0.355 e. The molecule has 1 aromatic rings. The maximum absolute atomic E-state index is 8.62. The van der Waals surface area contributed by atoms with Gasteiger partial charge in [-0.2, -0.15) is 5.26 Å². The quantitative estimate of drug-likeness (QED) is 0.731. The molecule has 2 heterocycles. The van der Waals surface area contributed by atoms with Crippen molar-refractivity contribution in [1.29, 1.82) is 5.26 Å². The van der Waals surface area contributed by atoms with E-state index in [-0.39, 0.29) is 0 Å². The van der Waals surface area contributed by atoms with Crippen molar-refractivity contribution in [3.8, 4) is 6.07 Å². The number of piperidine rings is 1. The highest BCUT2D eigenvalue weighted by molar-refractivity contribution is 5.35. The molecule has 0 radical (unpaired) electrons. The van der Waals surface area contributed by atoms with Crippen LogP contribution in [-0.4, -0.2) is 23.1 Å². The monoisotopic (exact) mass is 202 g/mol. The Hall–Kier alpha value is -1.63. The van der Waals surface area contributed by atoms with Crippen molar-refractivity contribution >= 4 is 5.82 Å². The number of rotatable bonds is 2. The Labute approximate surface area is 89.6 Å². The summed E-state index contributed by atoms with van der Waals surface area (Å²) in [6.45, 7) is 1.98. The Morgan fingerprint density at radius 2 is 2.20 bits per heavy atom. The molecule has 0 unspecified atom stereocenters. The van der Waals surface area contributed by atoms with Gasteiger partial charge in [0, 0.05) is 31.9 Å². The molecule has 0 amide bonds. The van der Waals surface area contributed by atoms with Gasteiger partial charge in [-0.05, 0) is 18.8 Å². The molecule has 1 aliphatic rings. The highest BCUT2D eigenvalue weighted by Crippen LogP contribution is 2.22. The van der Waals surface area contributed by atoms with Gasteiger partial charge < -0.3 is 4.90 Å². The van der Waals surface area contributed by atoms with Gasteiger partial charge in [-0.25, -0.2) is 4.98 Å². The fourth-order valence-corrected chi connectivity index (χ4v) is 1.95. The molecule has 0 N–H and O–H groups in total. The van der Waals surface area contributed by atoms with Gasteiger partial charge in [0.05, 0.1) is 12.3 Å². The summed E-state index contributed by atoms with van der Waals surface area (Å²) in [5.41, 5.74) is 0. The van der Waals surface area contributed by atoms with Crippen molar-refractivity contribution in [1.82, 2.24) is 9.97 Å². The van der Waals surface area contributed by atoms with Gasteiger partial charge in [-0.3, -0.25) is 4.98 Å². The van der Waals surface area contributed by atoms with Gasteiger partial charge in [0.1, 0.15) is 5.82 Å². The van der Waals surface area contributed by atoms with Gasteiger partial charge >= 0.3 is 0 Å². The van der Waals surface area contributed by atoms with Crippen molar-refractivity contribution < 1.29 is 0 Å². The first-order valence-electron chi connectivity index (χ1n) is 5.28. The standard InChI is InChI=1S/C11H14N4/c12-4-1-10-2-7-15(8-3-10)11-9-13-5-6-14-11/h5-6,9-10H,1-3,7-8H2. The molecule has 4 nitrogen and oxygen atoms in total. The molecule has 0 saturated carbocycles. The molecular formula is C11H14N4. The Balaban J connectivity index is 1.92. The van der Waals surface area contributed by atoms with E-state index in [1.807, 2.05) is 0 Å². The first kappa shape index (κ1) is 9.91. The van der Waals surface area contributed by atoms with Crippen molar-refractivity contribution in [3.63, 3.8) is 0 Å². The van der Waals surface area contributed by atoms with Crippen LogP contribution in [0.4, 0.5) is 5.82 Å². The van der Waals surface area contributed by atoms with E-state index in [4.69, 9.17) is 5.26 Å². The smallest absolute Gasteiger partial charge is 0.147 e. The molecule has 2 rings (SSSR count). The second-order valence-corrected chi connectivity index (χ2v) is 3.86. The van der Waals surface area contributed by atoms with Crippen LogP contribution in [-0.2, 0) is 0 Å². The normalized spacial score (nSPS) is 17.4. The van der Waals surface area contributed by atoms with Crippen molar-refractivity contribution in [3.05, 3.63) is 18.6 Å². The van der Waals surface area contributed by atoms with E-state index in [0.717, 1.165) is 31.7 Å². The summed E-state index contributed by atoms with van der Waals surface area (Å²) in [4.78, 5) is 10.6. The summed E-state index contributed by atoms with van der Waals surface area (Å²) in [6, 6.07) is 2.25. The third kappa shape index (κ3) is 2.44. The summed E-state index contributed by atoms with van der Waals surface area (Å²) in [5.74, 6) is 1.52. The Morgan fingerprint density at radius 1 is 1.40 bits per heavy atom. The van der Waals surface area contributed by atoms with Gasteiger partial charge in [-0.15, -0.1) is 0 Å². The molecule has 78 valence electrons. The van der Waals surface area contributed by atoms with Gasteiger partial charge in [0.25, 0.3) is 0 Å². The molecule has 4 heteroatoms. The third-order valence-corrected chi connectivity index (χ3v) is 2.87. The highest BCUT2D eigenvalue weighted by atomic mass is 15.2. The first-order valence-corrected chi connectivity index (χ1v) is 5.28. The van der Waals surface area contributed by atoms with Crippen LogP contribution in [0.1, 0.15) is 19.3 Å². The summed E-state index contributed by atoms with van der Waals surface area (Å²) in [5, 5.41) is 8.62. The van der Waals surface area contributed by atoms with Crippen LogP contribution in [0.25, 0.3) is 0 Å². The number of nitriles is 1. The van der Waals surface area contributed by atoms with Crippen LogP contribution < -0.4 is 4.90 Å². The topological polar surface area (TPSA) is 52.8 Å². The summed E-state index contributed by atoms with van der Waals surface area (Å²) in [6.07, 6.45) is 8.07. The first-order chi connectivity index (χ1) is 7.40. The molecular weight excluding hydrogens is 188 g/mol. The molecule has 0 spiro atoms. The van der Waals surface area contributed by atoms with Crippen LogP contribution in [0.5, 0.6) is 0 Å². The van der Waals surface area contributed by atoms with E-state index in [1.54, 1.807) is 18.6 Å². The molecule has 15 heavy (non-hydrogen) atoms. The molecule has 0 aliphatic carbocycles. The fourth-order valence-electron chi connectivity index (χ4n) is 1.95. The number of nitrogens with zero attached hydrogens (tertiary/aromatic N) is 4. The minimum atomic E-state index is 0.572. The average molecular weight is 202 g/mol. The van der Waals surface area contributed by atoms with E-state index in [1.165, 1.54) is 0 Å². The fraction of sp³-hybridized carbons (Fsp3) is 0.545. The van der Waals surface area contributed by atoms with Crippen LogP contribution in [0, 0.1) is 17.2 Å². The van der Waals surface area contributed by atoms with Crippen LogP contribution in [0.3, 0.4) is 0 Å². The Bertz CT molecular complexity index is 335. The zero-order valence-corrected chi connectivity index (χ0v) is 8.63. The predicted molar refractivity (Wildman–Crippen MR) is 57.2 cm³/mol. The van der Waals surface area contributed by atoms with E-state index < -0.39 is 0 Å². The second kappa shape index (κ2) is 4.74. The molecule has 0 atom stereocenters. The minimum absolute atomic E-state index is 0.572. The van der Waals surface area contributed by atoms with E-state index >= 15 is 0 Å². The van der Waals surface area contributed by atoms with Crippen molar-refractivity contribution in [2.75, 3.05) is 18.0 Å². The lowest BCUT2D eigenvalue weighted by molar-refractivity contribution is 0.411. The van der Waals surface area contributed by atoms with E-state index in [9.17, 15) is 0 Å². The summed E-state index contributed by atoms with van der Waals surface area (Å²) < 4.78 is 0. The number of hydrogen-bond donors (Lipinski definition) is 0. The molecule has 1 saturated heterocycles. The van der Waals surface area contributed by atoms with E-state index in [2.05, 4.69) is 20.9 Å². The van der Waals surface area contributed by atoms with Crippen molar-refractivity contribution in [2.24, 2.45) is 5.92 Å². The van der Waals surface area contributed by atoms with Crippen LogP contribution in [0.2, 0.25) is 0 Å². The third-order valence-electron chi connectivity index (χ3n) is 2.87. The maximum Gasteiger partial charge on any atom is 0.147 e. The average Bonchev–Trinajstić information content (AvgIpc) is 2.32. The second-order valence-electron chi connectivity index (χ2n) is 3.86. The molecule has 1 fully saturated rings. The summed E-state index contributed by atoms with van der Waals surface area (Å²) >= 11 is 0. The van der Waals surface area contributed by atoms with Gasteiger partial charge in [0.15, 0.2) is 0 Å². The van der Waals surface area contributed by atoms with Crippen LogP contribution in [0.15, 0.2) is 18.6 Å². The SMILES string of the molecule is N#CCC1CCN(c2cnccn2)CC1. The molecule has 0 bridgehead atoms. The molecule has 1 aromatic heterocycles. The Kier molecular flexibility index (Phi) is 3.13. The molecule has 0 aromatic carbocycles. The van der Waals surface area contributed by atoms with Gasteiger partial charge in [0.2, 0.25) is 0 Å². The number of anilines is 1. The molecule has 1 aliphatic heterocycles. The lowest BCUT2D eigenvalue weighted by atomic mass is 9.94. The number of aromatic nitrogens is 2. The number of hydrogen-bond acceptors (Lipinski definition) is 4. The van der Waals surface area contributed by atoms with Gasteiger partial charge in [-0.1, -0.05) is 0 Å². The van der Waals surface area contributed by atoms with Crippen LogP contribution >= 0.6 is 0 Å². The van der Waals surface area contributed by atoms with Crippen molar-refractivity contribution in [2.45, 2.75) is 19.3 Å². The van der Waals surface area contributed by atoms with E-state index in [0.29, 0.717) is 12.3 Å². The predicted octanol–water partition coefficient (Wildman–Crippen LogP) is 1.61.